The van der Waals surface area contributed by atoms with E-state index in [1.54, 1.807) is 0 Å². The number of anilines is 6. The van der Waals surface area contributed by atoms with Gasteiger partial charge in [0.25, 0.3) is 0 Å². The fraction of sp³-hybridized carbons (Fsp3) is 0.333. The van der Waals surface area contributed by atoms with Gasteiger partial charge in [0.15, 0.2) is 0 Å². The van der Waals surface area contributed by atoms with Crippen LogP contribution in [0.3, 0.4) is 0 Å². The molecule has 2 aliphatic rings. The second kappa shape index (κ2) is 12.4. The molecule has 4 aromatic carbocycles. The first kappa shape index (κ1) is 25.6. The van der Waals surface area contributed by atoms with E-state index in [1.165, 1.54) is 87.0 Å². The third kappa shape index (κ3) is 6.14. The minimum Gasteiger partial charge on any atom is -0.365 e. The maximum atomic E-state index is 3.75. The molecule has 0 heterocycles. The van der Waals surface area contributed by atoms with Crippen LogP contribution in [-0.2, 0) is 0 Å². The summed E-state index contributed by atoms with van der Waals surface area (Å²) in [6, 6.07) is 40.6. The fourth-order valence-electron chi connectivity index (χ4n) is 6.67. The van der Waals surface area contributed by atoms with Crippen LogP contribution in [0.5, 0.6) is 0 Å². The topological polar surface area (TPSA) is 18.5 Å². The third-order valence-corrected chi connectivity index (χ3v) is 8.49. The monoisotopic (exact) mass is 515 g/mol. The van der Waals surface area contributed by atoms with Crippen molar-refractivity contribution >= 4 is 34.1 Å². The first-order valence-corrected chi connectivity index (χ1v) is 15.0. The Balaban J connectivity index is 1.49. The molecule has 0 aromatic heterocycles. The number of nitrogens with zero attached hydrogens (tertiary/aromatic N) is 2. The van der Waals surface area contributed by atoms with E-state index in [0.29, 0.717) is 12.1 Å². The number of nitrogens with one attached hydrogen (secondary N) is 1. The van der Waals surface area contributed by atoms with E-state index in [-0.39, 0.29) is 0 Å². The van der Waals surface area contributed by atoms with Gasteiger partial charge in [-0.2, -0.15) is 0 Å². The zero-order valence-corrected chi connectivity index (χ0v) is 23.0. The molecule has 4 aromatic rings. The smallest absolute Gasteiger partial charge is 0.0502 e. The van der Waals surface area contributed by atoms with E-state index in [0.717, 1.165) is 11.4 Å². The largest absolute Gasteiger partial charge is 0.365 e. The molecule has 0 spiro atoms. The van der Waals surface area contributed by atoms with Gasteiger partial charge < -0.3 is 15.1 Å². The molecule has 0 aliphatic heterocycles. The summed E-state index contributed by atoms with van der Waals surface area (Å²) in [5.74, 6) is 0. The molecule has 39 heavy (non-hydrogen) atoms. The van der Waals surface area contributed by atoms with Crippen molar-refractivity contribution in [3.8, 4) is 0 Å². The third-order valence-electron chi connectivity index (χ3n) is 8.49. The maximum absolute atomic E-state index is 3.75. The van der Waals surface area contributed by atoms with Gasteiger partial charge >= 0.3 is 0 Å². The van der Waals surface area contributed by atoms with E-state index < -0.39 is 0 Å². The highest BCUT2D eigenvalue weighted by Gasteiger charge is 2.30. The highest BCUT2D eigenvalue weighted by Crippen LogP contribution is 2.42. The first-order valence-electron chi connectivity index (χ1n) is 15.0. The molecule has 0 radical (unpaired) electrons. The van der Waals surface area contributed by atoms with Crippen LogP contribution in [0.1, 0.15) is 64.2 Å². The second-order valence-electron chi connectivity index (χ2n) is 11.2. The van der Waals surface area contributed by atoms with Crippen molar-refractivity contribution in [2.75, 3.05) is 15.1 Å². The molecule has 6 rings (SSSR count). The van der Waals surface area contributed by atoms with Crippen LogP contribution in [0.15, 0.2) is 109 Å². The number of hydrogen-bond acceptors (Lipinski definition) is 3. The molecule has 0 atom stereocenters. The lowest BCUT2D eigenvalue weighted by Crippen LogP contribution is -2.45. The van der Waals surface area contributed by atoms with Crippen molar-refractivity contribution in [2.45, 2.75) is 76.3 Å². The van der Waals surface area contributed by atoms with E-state index in [4.69, 9.17) is 0 Å². The summed E-state index contributed by atoms with van der Waals surface area (Å²) >= 11 is 0. The number of rotatable bonds is 8. The van der Waals surface area contributed by atoms with Crippen LogP contribution >= 0.6 is 0 Å². The molecule has 3 nitrogen and oxygen atoms in total. The molecule has 2 fully saturated rings. The van der Waals surface area contributed by atoms with Crippen LogP contribution in [0.25, 0.3) is 0 Å². The molecular formula is C36H41N3. The SMILES string of the molecule is c1ccc(Nc2cc(N(c3ccccc3)c3ccccc3)cc(N(C3CCCCC3)C3CCCCC3)c2)cc1. The van der Waals surface area contributed by atoms with Crippen molar-refractivity contribution in [3.05, 3.63) is 109 Å². The van der Waals surface area contributed by atoms with E-state index >= 15 is 0 Å². The van der Waals surface area contributed by atoms with Crippen LogP contribution in [0.4, 0.5) is 34.1 Å². The standard InChI is InChI=1S/C36H41N3/c1-6-16-29(17-7-1)37-30-26-35(38(31-18-8-2-9-19-31)32-20-10-3-11-21-32)28-36(27-30)39(33-22-12-4-13-23-33)34-24-14-5-15-25-34/h1-3,6-11,16-21,26-28,33-34,37H,4-5,12-15,22-25H2. The van der Waals surface area contributed by atoms with Gasteiger partial charge in [-0.1, -0.05) is 93.1 Å². The predicted octanol–water partition coefficient (Wildman–Crippen LogP) is 10.4. The minimum atomic E-state index is 0.628. The lowest BCUT2D eigenvalue weighted by atomic mass is 9.88. The van der Waals surface area contributed by atoms with Gasteiger partial charge in [0, 0.05) is 40.5 Å². The molecule has 0 unspecified atom stereocenters. The molecular weight excluding hydrogens is 474 g/mol. The quantitative estimate of drug-likeness (QED) is 0.252. The van der Waals surface area contributed by atoms with Crippen molar-refractivity contribution in [2.24, 2.45) is 0 Å². The average molecular weight is 516 g/mol. The average Bonchev–Trinajstić information content (AvgIpc) is 3.00. The molecule has 0 saturated heterocycles. The van der Waals surface area contributed by atoms with E-state index in [9.17, 15) is 0 Å². The predicted molar refractivity (Wildman–Crippen MR) is 167 cm³/mol. The maximum Gasteiger partial charge on any atom is 0.0502 e. The van der Waals surface area contributed by atoms with Crippen LogP contribution in [0, 0.1) is 0 Å². The van der Waals surface area contributed by atoms with Gasteiger partial charge in [-0.25, -0.2) is 0 Å². The molecule has 200 valence electrons. The van der Waals surface area contributed by atoms with Crippen molar-refractivity contribution < 1.29 is 0 Å². The Hall–Kier alpha value is -3.72. The molecule has 1 N–H and O–H groups in total. The van der Waals surface area contributed by atoms with Crippen LogP contribution in [-0.4, -0.2) is 12.1 Å². The summed E-state index contributed by atoms with van der Waals surface area (Å²) in [5.41, 5.74) is 7.17. The van der Waals surface area contributed by atoms with Gasteiger partial charge in [0.05, 0.1) is 5.69 Å². The van der Waals surface area contributed by atoms with Crippen molar-refractivity contribution in [3.63, 3.8) is 0 Å². The Bertz CT molecular complexity index is 1240. The molecule has 0 bridgehead atoms. The minimum absolute atomic E-state index is 0.628. The molecule has 3 heteroatoms. The first-order chi connectivity index (χ1) is 19.3. The fourth-order valence-corrected chi connectivity index (χ4v) is 6.67. The number of para-hydroxylation sites is 3. The van der Waals surface area contributed by atoms with Gasteiger partial charge in [-0.3, -0.25) is 0 Å². The molecule has 2 saturated carbocycles. The summed E-state index contributed by atoms with van der Waals surface area (Å²) in [5, 5.41) is 3.75. The Morgan fingerprint density at radius 2 is 0.897 bits per heavy atom. The van der Waals surface area contributed by atoms with Crippen molar-refractivity contribution in [1.82, 2.24) is 0 Å². The Kier molecular flexibility index (Phi) is 8.14. The van der Waals surface area contributed by atoms with Gasteiger partial charge in [-0.15, -0.1) is 0 Å². The summed E-state index contributed by atoms with van der Waals surface area (Å²) in [4.78, 5) is 5.26. The lowest BCUT2D eigenvalue weighted by Gasteiger charge is -2.44. The zero-order valence-electron chi connectivity index (χ0n) is 23.0. The Labute approximate surface area is 234 Å². The van der Waals surface area contributed by atoms with E-state index in [1.807, 2.05) is 0 Å². The van der Waals surface area contributed by atoms with Crippen LogP contribution < -0.4 is 15.1 Å². The highest BCUT2D eigenvalue weighted by molar-refractivity contribution is 5.82. The van der Waals surface area contributed by atoms with Gasteiger partial charge in [0.1, 0.15) is 0 Å². The Morgan fingerprint density at radius 1 is 0.436 bits per heavy atom. The summed E-state index contributed by atoms with van der Waals surface area (Å²) in [6.07, 6.45) is 13.4. The van der Waals surface area contributed by atoms with Crippen molar-refractivity contribution in [1.29, 1.82) is 0 Å². The number of hydrogen-bond donors (Lipinski definition) is 1. The molecule has 0 amide bonds. The van der Waals surface area contributed by atoms with Crippen LogP contribution in [0.2, 0.25) is 0 Å². The summed E-state index contributed by atoms with van der Waals surface area (Å²) in [6.45, 7) is 0. The van der Waals surface area contributed by atoms with Gasteiger partial charge in [-0.05, 0) is 80.3 Å². The normalized spacial score (nSPS) is 16.5. The Morgan fingerprint density at radius 3 is 1.41 bits per heavy atom. The highest BCUT2D eigenvalue weighted by atomic mass is 15.2. The summed E-state index contributed by atoms with van der Waals surface area (Å²) < 4.78 is 0. The number of benzene rings is 4. The second-order valence-corrected chi connectivity index (χ2v) is 11.2. The molecule has 2 aliphatic carbocycles. The summed E-state index contributed by atoms with van der Waals surface area (Å²) in [7, 11) is 0. The zero-order chi connectivity index (χ0) is 26.3. The van der Waals surface area contributed by atoms with Gasteiger partial charge in [0.2, 0.25) is 0 Å². The lowest BCUT2D eigenvalue weighted by molar-refractivity contribution is 0.340. The van der Waals surface area contributed by atoms with E-state index in [2.05, 4.69) is 124 Å².